The fourth-order valence-electron chi connectivity index (χ4n) is 3.42. The number of pyridine rings is 1. The Labute approximate surface area is 173 Å². The Bertz CT molecular complexity index is 1120. The van der Waals surface area contributed by atoms with Crippen molar-refractivity contribution >= 4 is 28.4 Å². The molecule has 0 aliphatic heterocycles. The summed E-state index contributed by atoms with van der Waals surface area (Å²) in [4.78, 5) is 29.7. The highest BCUT2D eigenvalue weighted by atomic mass is 35.5. The Morgan fingerprint density at radius 1 is 1.14 bits per heavy atom. The predicted octanol–water partition coefficient (Wildman–Crippen LogP) is 3.07. The number of nitrogens with one attached hydrogen (secondary N) is 1. The van der Waals surface area contributed by atoms with E-state index in [1.54, 1.807) is 12.1 Å². The van der Waals surface area contributed by atoms with Crippen molar-refractivity contribution in [2.45, 2.75) is 26.8 Å². The van der Waals surface area contributed by atoms with Crippen LogP contribution in [0.25, 0.3) is 10.9 Å². The first-order chi connectivity index (χ1) is 13.8. The molecule has 0 atom stereocenters. The smallest absolute Gasteiger partial charge is 0.253 e. The number of aromatic amines is 1. The number of aliphatic hydroxyl groups is 1. The first-order valence-electron chi connectivity index (χ1n) is 9.27. The van der Waals surface area contributed by atoms with Crippen molar-refractivity contribution in [3.63, 3.8) is 0 Å². The van der Waals surface area contributed by atoms with E-state index in [-0.39, 0.29) is 48.4 Å². The van der Waals surface area contributed by atoms with Gasteiger partial charge in [-0.05, 0) is 54.6 Å². The van der Waals surface area contributed by atoms with Crippen LogP contribution in [0.15, 0.2) is 41.2 Å². The van der Waals surface area contributed by atoms with Gasteiger partial charge in [-0.2, -0.15) is 0 Å². The number of benzene rings is 2. The molecular weight excluding hydrogens is 392 g/mol. The van der Waals surface area contributed by atoms with E-state index in [1.807, 2.05) is 26.0 Å². The quantitative estimate of drug-likeness (QED) is 0.577. The average Bonchev–Trinajstić information content (AvgIpc) is 2.64. The summed E-state index contributed by atoms with van der Waals surface area (Å²) in [6.45, 7) is 3.87. The molecule has 152 valence electrons. The third-order valence-corrected chi connectivity index (χ3v) is 5.18. The molecule has 0 radical (unpaired) electrons. The van der Waals surface area contributed by atoms with Crippen molar-refractivity contribution in [2.24, 2.45) is 0 Å². The summed E-state index contributed by atoms with van der Waals surface area (Å²) in [5.41, 5.74) is 3.59. The van der Waals surface area contributed by atoms with Crippen LogP contribution >= 0.6 is 11.6 Å². The number of phenolic OH excluding ortho intramolecular Hbond substituents is 1. The number of aromatic nitrogens is 1. The number of aryl methyl sites for hydroxylation is 2. The summed E-state index contributed by atoms with van der Waals surface area (Å²) in [6.07, 6.45) is 0.00279. The van der Waals surface area contributed by atoms with Crippen molar-refractivity contribution in [2.75, 3.05) is 13.2 Å². The predicted molar refractivity (Wildman–Crippen MR) is 113 cm³/mol. The van der Waals surface area contributed by atoms with Gasteiger partial charge in [0.15, 0.2) is 0 Å². The van der Waals surface area contributed by atoms with Crippen LogP contribution in [-0.2, 0) is 17.8 Å². The maximum Gasteiger partial charge on any atom is 0.253 e. The molecule has 1 aromatic heterocycles. The molecule has 0 aliphatic rings. The highest BCUT2D eigenvalue weighted by Crippen LogP contribution is 2.23. The molecule has 0 bridgehead atoms. The van der Waals surface area contributed by atoms with Gasteiger partial charge in [0.1, 0.15) is 5.75 Å². The standard InChI is InChI=1S/C22H23ClN2O4/c1-13-7-14(2)21-16(8-13)9-17(22(29)24-21)12-25(5-6-26)20(28)10-15-3-4-18(27)11-19(15)23/h3-4,7-9,11,26-27H,5-6,10,12H2,1-2H3,(H,24,29). The topological polar surface area (TPSA) is 93.6 Å². The van der Waals surface area contributed by atoms with Crippen LogP contribution in [0.5, 0.6) is 5.75 Å². The summed E-state index contributed by atoms with van der Waals surface area (Å²) in [5.74, 6) is -0.252. The van der Waals surface area contributed by atoms with E-state index in [0.29, 0.717) is 11.1 Å². The second-order valence-electron chi connectivity index (χ2n) is 7.16. The van der Waals surface area contributed by atoms with Gasteiger partial charge in [-0.25, -0.2) is 0 Å². The minimum atomic E-state index is -0.272. The molecule has 1 amide bonds. The number of phenols is 1. The van der Waals surface area contributed by atoms with Gasteiger partial charge in [0.2, 0.25) is 5.91 Å². The van der Waals surface area contributed by atoms with Crippen LogP contribution < -0.4 is 5.56 Å². The van der Waals surface area contributed by atoms with Crippen LogP contribution in [0, 0.1) is 13.8 Å². The van der Waals surface area contributed by atoms with Crippen LogP contribution in [0.1, 0.15) is 22.3 Å². The summed E-state index contributed by atoms with van der Waals surface area (Å²) < 4.78 is 0. The number of aliphatic hydroxyl groups excluding tert-OH is 1. The van der Waals surface area contributed by atoms with Gasteiger partial charge in [0, 0.05) is 17.1 Å². The van der Waals surface area contributed by atoms with E-state index in [4.69, 9.17) is 11.6 Å². The van der Waals surface area contributed by atoms with Crippen LogP contribution in [-0.4, -0.2) is 39.2 Å². The Balaban J connectivity index is 1.89. The first kappa shape index (κ1) is 20.9. The number of rotatable bonds is 6. The third kappa shape index (κ3) is 4.78. The summed E-state index contributed by atoms with van der Waals surface area (Å²) in [7, 11) is 0. The summed E-state index contributed by atoms with van der Waals surface area (Å²) >= 11 is 6.10. The van der Waals surface area contributed by atoms with E-state index in [1.165, 1.54) is 17.0 Å². The molecule has 3 aromatic rings. The molecule has 1 heterocycles. The minimum Gasteiger partial charge on any atom is -0.508 e. The van der Waals surface area contributed by atoms with Crippen LogP contribution in [0.2, 0.25) is 5.02 Å². The molecule has 3 rings (SSSR count). The van der Waals surface area contributed by atoms with Gasteiger partial charge in [-0.15, -0.1) is 0 Å². The normalized spacial score (nSPS) is 11.0. The molecule has 29 heavy (non-hydrogen) atoms. The Hall–Kier alpha value is -2.83. The zero-order valence-corrected chi connectivity index (χ0v) is 17.1. The van der Waals surface area contributed by atoms with Crippen molar-refractivity contribution in [1.82, 2.24) is 9.88 Å². The summed E-state index contributed by atoms with van der Waals surface area (Å²) in [5, 5.41) is 20.0. The number of carbonyl (C=O) groups is 1. The maximum atomic E-state index is 12.8. The lowest BCUT2D eigenvalue weighted by Crippen LogP contribution is -2.36. The van der Waals surface area contributed by atoms with E-state index >= 15 is 0 Å². The van der Waals surface area contributed by atoms with E-state index in [2.05, 4.69) is 4.98 Å². The maximum absolute atomic E-state index is 12.8. The van der Waals surface area contributed by atoms with Crippen LogP contribution in [0.3, 0.4) is 0 Å². The van der Waals surface area contributed by atoms with Gasteiger partial charge < -0.3 is 20.1 Å². The van der Waals surface area contributed by atoms with Crippen molar-refractivity contribution in [1.29, 1.82) is 0 Å². The SMILES string of the molecule is Cc1cc(C)c2[nH]c(=O)c(CN(CCO)C(=O)Cc3ccc(O)cc3Cl)cc2c1. The van der Waals surface area contributed by atoms with Crippen molar-refractivity contribution < 1.29 is 15.0 Å². The number of H-pyrrole nitrogens is 1. The monoisotopic (exact) mass is 414 g/mol. The van der Waals surface area contributed by atoms with Crippen LogP contribution in [0.4, 0.5) is 0 Å². The molecule has 3 N–H and O–H groups in total. The number of halogens is 1. The zero-order chi connectivity index (χ0) is 21.1. The van der Waals surface area contributed by atoms with Gasteiger partial charge >= 0.3 is 0 Å². The molecule has 0 saturated carbocycles. The molecular formula is C22H23ClN2O4. The number of nitrogens with zero attached hydrogens (tertiary/aromatic N) is 1. The molecule has 0 saturated heterocycles. The Morgan fingerprint density at radius 2 is 1.90 bits per heavy atom. The largest absolute Gasteiger partial charge is 0.508 e. The van der Waals surface area contributed by atoms with E-state index in [0.717, 1.165) is 22.0 Å². The second-order valence-corrected chi connectivity index (χ2v) is 7.57. The highest BCUT2D eigenvalue weighted by molar-refractivity contribution is 6.31. The van der Waals surface area contributed by atoms with E-state index < -0.39 is 0 Å². The fourth-order valence-corrected chi connectivity index (χ4v) is 3.66. The minimum absolute atomic E-state index is 0.00279. The van der Waals surface area contributed by atoms with Gasteiger partial charge in [-0.1, -0.05) is 29.3 Å². The number of hydrogen-bond acceptors (Lipinski definition) is 4. The number of aromatic hydroxyl groups is 1. The van der Waals surface area contributed by atoms with Gasteiger partial charge in [-0.3, -0.25) is 9.59 Å². The Kier molecular flexibility index (Phi) is 6.25. The lowest BCUT2D eigenvalue weighted by Gasteiger charge is -2.22. The molecule has 2 aromatic carbocycles. The van der Waals surface area contributed by atoms with Gasteiger partial charge in [0.25, 0.3) is 5.56 Å². The van der Waals surface area contributed by atoms with Gasteiger partial charge in [0.05, 0.1) is 25.1 Å². The molecule has 6 nitrogen and oxygen atoms in total. The number of amides is 1. The fraction of sp³-hybridized carbons (Fsp3) is 0.273. The molecule has 7 heteroatoms. The molecule has 0 fully saturated rings. The number of fused-ring (bicyclic) bond motifs is 1. The first-order valence-corrected chi connectivity index (χ1v) is 9.65. The number of hydrogen-bond donors (Lipinski definition) is 3. The van der Waals surface area contributed by atoms with E-state index in [9.17, 15) is 19.8 Å². The summed E-state index contributed by atoms with van der Waals surface area (Å²) in [6, 6.07) is 10.2. The van der Waals surface area contributed by atoms with Crippen molar-refractivity contribution in [3.05, 3.63) is 74.0 Å². The lowest BCUT2D eigenvalue weighted by atomic mass is 10.0. The van der Waals surface area contributed by atoms with Crippen molar-refractivity contribution in [3.8, 4) is 5.75 Å². The number of carbonyl (C=O) groups excluding carboxylic acids is 1. The zero-order valence-electron chi connectivity index (χ0n) is 16.3. The highest BCUT2D eigenvalue weighted by Gasteiger charge is 2.18. The molecule has 0 spiro atoms. The average molecular weight is 415 g/mol. The third-order valence-electron chi connectivity index (χ3n) is 4.83. The lowest BCUT2D eigenvalue weighted by molar-refractivity contribution is -0.131. The molecule has 0 unspecified atom stereocenters. The Morgan fingerprint density at radius 3 is 2.59 bits per heavy atom. The molecule has 0 aliphatic carbocycles. The second kappa shape index (κ2) is 8.68.